The fourth-order valence-corrected chi connectivity index (χ4v) is 3.94. The van der Waals surface area contributed by atoms with Crippen molar-refractivity contribution in [2.45, 2.75) is 18.7 Å². The van der Waals surface area contributed by atoms with Gasteiger partial charge in [0.05, 0.1) is 21.0 Å². The number of aromatic nitrogens is 3. The molecule has 0 bridgehead atoms. The molecule has 0 amide bonds. The molecule has 0 saturated carbocycles. The second-order valence-corrected chi connectivity index (χ2v) is 8.86. The van der Waals surface area contributed by atoms with Crippen molar-refractivity contribution in [1.82, 2.24) is 19.8 Å². The van der Waals surface area contributed by atoms with E-state index in [0.29, 0.717) is 11.2 Å². The van der Waals surface area contributed by atoms with Crippen LogP contribution in [0.25, 0.3) is 10.9 Å². The maximum atomic E-state index is 12.5. The number of fused-ring (bicyclic) bond motifs is 1. The average Bonchev–Trinajstić information content (AvgIpc) is 2.78. The fraction of sp³-hybridized carbons (Fsp3) is 0.0952. The molecule has 0 radical (unpaired) electrons. The van der Waals surface area contributed by atoms with Gasteiger partial charge in [0.1, 0.15) is 6.33 Å². The molecule has 0 aliphatic carbocycles. The topological polar surface area (TPSA) is 152 Å². The summed E-state index contributed by atoms with van der Waals surface area (Å²) in [5.41, 5.74) is 4.59. The quantitative estimate of drug-likeness (QED) is 0.274. The molecule has 33 heavy (non-hydrogen) atoms. The first kappa shape index (κ1) is 22.0. The van der Waals surface area contributed by atoms with Crippen LogP contribution in [0.2, 0.25) is 0 Å². The minimum atomic E-state index is -4.00. The highest BCUT2D eigenvalue weighted by Crippen LogP contribution is 2.33. The molecule has 4 rings (SSSR count). The van der Waals surface area contributed by atoms with Crippen LogP contribution in [0.15, 0.2) is 65.8 Å². The van der Waals surface area contributed by atoms with E-state index in [-0.39, 0.29) is 16.5 Å². The zero-order chi connectivity index (χ0) is 23.6. The molecular formula is C21H19N7O4S. The molecule has 168 valence electrons. The number of hydrazine groups is 1. The van der Waals surface area contributed by atoms with Crippen molar-refractivity contribution in [3.05, 3.63) is 82.3 Å². The Balaban J connectivity index is 1.66. The van der Waals surface area contributed by atoms with Crippen LogP contribution < -0.4 is 15.6 Å². The van der Waals surface area contributed by atoms with Crippen molar-refractivity contribution >= 4 is 43.9 Å². The Morgan fingerprint density at radius 2 is 1.67 bits per heavy atom. The number of benzene rings is 2. The highest BCUT2D eigenvalue weighted by atomic mass is 32.2. The molecule has 2 aromatic heterocycles. The van der Waals surface area contributed by atoms with E-state index < -0.39 is 20.6 Å². The number of nitrogens with one attached hydrogen (secondary N) is 3. The number of nitro groups is 1. The molecule has 0 fully saturated rings. The summed E-state index contributed by atoms with van der Waals surface area (Å²) in [6.45, 7) is 3.67. The van der Waals surface area contributed by atoms with Gasteiger partial charge in [-0.25, -0.2) is 18.4 Å². The third-order valence-corrected chi connectivity index (χ3v) is 6.02. The van der Waals surface area contributed by atoms with E-state index in [1.54, 1.807) is 24.3 Å². The monoisotopic (exact) mass is 465 g/mol. The first-order valence-corrected chi connectivity index (χ1v) is 11.2. The standard InChI is InChI=1S/C21H19N7O4S/c1-13-6-10-16(11-7-13)33(31,32)27-26-21-19(28(29)30)20(22-12-23-21)25-17-5-3-4-15-9-8-14(2)24-18(15)17/h3-12,27H,1-2H3,(H2,22,23,25,26). The molecule has 0 unspecified atom stereocenters. The zero-order valence-electron chi connectivity index (χ0n) is 17.6. The number of hydrogen-bond acceptors (Lipinski definition) is 9. The smallest absolute Gasteiger partial charge is 0.332 e. The van der Waals surface area contributed by atoms with Crippen LogP contribution in [-0.2, 0) is 10.0 Å². The molecule has 0 aliphatic heterocycles. The largest absolute Gasteiger partial charge is 0.354 e. The highest BCUT2D eigenvalue weighted by Gasteiger charge is 2.25. The van der Waals surface area contributed by atoms with Crippen molar-refractivity contribution in [2.24, 2.45) is 0 Å². The summed E-state index contributed by atoms with van der Waals surface area (Å²) in [6, 6.07) is 15.3. The predicted octanol–water partition coefficient (Wildman–Crippen LogP) is 3.60. The summed E-state index contributed by atoms with van der Waals surface area (Å²) >= 11 is 0. The van der Waals surface area contributed by atoms with Crippen LogP contribution in [0.1, 0.15) is 11.3 Å². The Hall–Kier alpha value is -4.16. The minimum absolute atomic E-state index is 0.00661. The number of para-hydroxylation sites is 1. The van der Waals surface area contributed by atoms with Gasteiger partial charge in [-0.2, -0.15) is 0 Å². The van der Waals surface area contributed by atoms with Gasteiger partial charge in [0.15, 0.2) is 0 Å². The lowest BCUT2D eigenvalue weighted by atomic mass is 10.1. The molecule has 0 saturated heterocycles. The molecule has 3 N–H and O–H groups in total. The van der Waals surface area contributed by atoms with E-state index in [4.69, 9.17) is 0 Å². The van der Waals surface area contributed by atoms with E-state index >= 15 is 0 Å². The van der Waals surface area contributed by atoms with Gasteiger partial charge >= 0.3 is 5.69 Å². The number of nitrogens with zero attached hydrogens (tertiary/aromatic N) is 4. The average molecular weight is 465 g/mol. The van der Waals surface area contributed by atoms with E-state index in [1.165, 1.54) is 12.1 Å². The van der Waals surface area contributed by atoms with Gasteiger partial charge in [-0.3, -0.25) is 20.5 Å². The third kappa shape index (κ3) is 4.71. The minimum Gasteiger partial charge on any atom is -0.332 e. The van der Waals surface area contributed by atoms with Gasteiger partial charge in [-0.1, -0.05) is 35.9 Å². The van der Waals surface area contributed by atoms with Crippen LogP contribution in [0.4, 0.5) is 23.0 Å². The molecule has 0 atom stereocenters. The van der Waals surface area contributed by atoms with Crippen molar-refractivity contribution in [3.8, 4) is 0 Å². The summed E-state index contributed by atoms with van der Waals surface area (Å²) in [6.07, 6.45) is 1.08. The van der Waals surface area contributed by atoms with E-state index in [9.17, 15) is 18.5 Å². The van der Waals surface area contributed by atoms with E-state index in [2.05, 4.69) is 30.5 Å². The van der Waals surface area contributed by atoms with Gasteiger partial charge < -0.3 is 5.32 Å². The maximum absolute atomic E-state index is 12.5. The fourth-order valence-electron chi connectivity index (χ4n) is 3.10. The Morgan fingerprint density at radius 3 is 2.39 bits per heavy atom. The Bertz CT molecular complexity index is 1460. The molecule has 2 heterocycles. The summed E-state index contributed by atoms with van der Waals surface area (Å²) in [7, 11) is -4.00. The number of anilines is 3. The Morgan fingerprint density at radius 1 is 0.939 bits per heavy atom. The zero-order valence-corrected chi connectivity index (χ0v) is 18.4. The normalized spacial score (nSPS) is 11.3. The summed E-state index contributed by atoms with van der Waals surface area (Å²) < 4.78 is 25.1. The second-order valence-electron chi connectivity index (χ2n) is 7.18. The molecule has 0 spiro atoms. The third-order valence-electron chi connectivity index (χ3n) is 4.75. The molecule has 12 heteroatoms. The first-order chi connectivity index (χ1) is 15.7. The predicted molar refractivity (Wildman–Crippen MR) is 124 cm³/mol. The number of aryl methyl sites for hydroxylation is 2. The molecule has 11 nitrogen and oxygen atoms in total. The second kappa shape index (κ2) is 8.76. The number of hydrogen-bond donors (Lipinski definition) is 3. The van der Waals surface area contributed by atoms with Crippen LogP contribution in [-0.4, -0.2) is 28.3 Å². The van der Waals surface area contributed by atoms with Crippen molar-refractivity contribution in [3.63, 3.8) is 0 Å². The van der Waals surface area contributed by atoms with E-state index in [1.807, 2.05) is 32.0 Å². The molecular weight excluding hydrogens is 446 g/mol. The lowest BCUT2D eigenvalue weighted by Gasteiger charge is -2.12. The van der Waals surface area contributed by atoms with Gasteiger partial charge in [0, 0.05) is 11.1 Å². The van der Waals surface area contributed by atoms with Crippen LogP contribution in [0.3, 0.4) is 0 Å². The Labute approximate surface area is 189 Å². The van der Waals surface area contributed by atoms with E-state index in [0.717, 1.165) is 23.0 Å². The number of pyridine rings is 1. The summed E-state index contributed by atoms with van der Waals surface area (Å²) in [5.74, 6) is -0.444. The van der Waals surface area contributed by atoms with Crippen LogP contribution in [0.5, 0.6) is 0 Å². The Kier molecular flexibility index (Phi) is 5.85. The van der Waals surface area contributed by atoms with Gasteiger partial charge in [0.2, 0.25) is 11.6 Å². The SMILES string of the molecule is Cc1ccc(S(=O)(=O)NNc2ncnc(Nc3cccc4ccc(C)nc34)c2[N+](=O)[O-])cc1. The van der Waals surface area contributed by atoms with Crippen LogP contribution in [0, 0.1) is 24.0 Å². The first-order valence-electron chi connectivity index (χ1n) is 9.72. The lowest BCUT2D eigenvalue weighted by Crippen LogP contribution is -2.30. The van der Waals surface area contributed by atoms with Gasteiger partial charge in [0.25, 0.3) is 10.0 Å². The number of sulfonamides is 1. The van der Waals surface area contributed by atoms with Crippen LogP contribution >= 0.6 is 0 Å². The molecule has 2 aromatic carbocycles. The summed E-state index contributed by atoms with van der Waals surface area (Å²) in [5, 5.41) is 15.6. The van der Waals surface area contributed by atoms with Crippen molar-refractivity contribution in [2.75, 3.05) is 10.7 Å². The maximum Gasteiger partial charge on any atom is 0.354 e. The molecule has 0 aliphatic rings. The van der Waals surface area contributed by atoms with Crippen molar-refractivity contribution < 1.29 is 13.3 Å². The lowest BCUT2D eigenvalue weighted by molar-refractivity contribution is -0.383. The molecule has 4 aromatic rings. The highest BCUT2D eigenvalue weighted by molar-refractivity contribution is 7.89. The summed E-state index contributed by atoms with van der Waals surface area (Å²) in [4.78, 5) is 25.6. The number of rotatable bonds is 7. The van der Waals surface area contributed by atoms with Gasteiger partial charge in [-0.05, 0) is 38.1 Å². The van der Waals surface area contributed by atoms with Crippen molar-refractivity contribution in [1.29, 1.82) is 0 Å². The van der Waals surface area contributed by atoms with Gasteiger partial charge in [-0.15, -0.1) is 4.83 Å².